The fourth-order valence-electron chi connectivity index (χ4n) is 1.96. The molecule has 0 spiro atoms. The van der Waals surface area contributed by atoms with Gasteiger partial charge in [-0.3, -0.25) is 0 Å². The number of rotatable bonds is 2. The Morgan fingerprint density at radius 2 is 1.89 bits per heavy atom. The van der Waals surface area contributed by atoms with E-state index in [1.807, 2.05) is 24.3 Å². The lowest BCUT2D eigenvalue weighted by Crippen LogP contribution is -2.17. The Kier molecular flexibility index (Phi) is 3.01. The second-order valence-electron chi connectivity index (χ2n) is 4.03. The van der Waals surface area contributed by atoms with Crippen molar-refractivity contribution in [3.05, 3.63) is 46.3 Å². The maximum atomic E-state index is 6.21. The van der Waals surface area contributed by atoms with Crippen LogP contribution in [0.5, 0.6) is 11.5 Å². The number of halogens is 1. The smallest absolute Gasteiger partial charge is 0.174 e. The molecule has 18 heavy (non-hydrogen) atoms. The number of hydrogen-bond donors (Lipinski definition) is 1. The van der Waals surface area contributed by atoms with E-state index in [4.69, 9.17) is 19.6 Å². The van der Waals surface area contributed by atoms with Gasteiger partial charge in [-0.25, -0.2) is 0 Å². The minimum absolute atomic E-state index is 0.256. The number of benzene rings is 1. The molecule has 0 aliphatic carbocycles. The van der Waals surface area contributed by atoms with Gasteiger partial charge in [0.15, 0.2) is 16.2 Å². The summed E-state index contributed by atoms with van der Waals surface area (Å²) in [7, 11) is 0. The molecule has 94 valence electrons. The third kappa shape index (κ3) is 2.00. The summed E-state index contributed by atoms with van der Waals surface area (Å²) >= 11 is 3.34. The number of ether oxygens (including phenoxy) is 2. The third-order valence-corrected chi connectivity index (χ3v) is 3.55. The van der Waals surface area contributed by atoms with Crippen molar-refractivity contribution in [1.29, 1.82) is 0 Å². The first-order chi connectivity index (χ1) is 8.75. The molecule has 1 aromatic heterocycles. The minimum Gasteiger partial charge on any atom is -0.486 e. The zero-order valence-corrected chi connectivity index (χ0v) is 11.1. The van der Waals surface area contributed by atoms with E-state index < -0.39 is 0 Å². The fraction of sp³-hybridized carbons (Fsp3) is 0.231. The maximum Gasteiger partial charge on any atom is 0.174 e. The van der Waals surface area contributed by atoms with E-state index >= 15 is 0 Å². The van der Waals surface area contributed by atoms with Crippen LogP contribution in [0, 0.1) is 0 Å². The maximum absolute atomic E-state index is 6.21. The summed E-state index contributed by atoms with van der Waals surface area (Å²) in [5.41, 5.74) is 8.08. The average Bonchev–Trinajstić information content (AvgIpc) is 2.83. The molecule has 5 heteroatoms. The highest BCUT2D eigenvalue weighted by atomic mass is 79.9. The lowest BCUT2D eigenvalue weighted by molar-refractivity contribution is 0.171. The first-order valence-electron chi connectivity index (χ1n) is 5.64. The fourth-order valence-corrected chi connectivity index (χ4v) is 2.45. The van der Waals surface area contributed by atoms with Gasteiger partial charge < -0.3 is 19.6 Å². The molecule has 3 rings (SSSR count). The van der Waals surface area contributed by atoms with Crippen LogP contribution in [0.1, 0.15) is 17.2 Å². The van der Waals surface area contributed by atoms with Crippen LogP contribution in [0.4, 0.5) is 0 Å². The summed E-state index contributed by atoms with van der Waals surface area (Å²) < 4.78 is 16.9. The summed E-state index contributed by atoms with van der Waals surface area (Å²) in [6, 6.07) is 7.34. The summed E-state index contributed by atoms with van der Waals surface area (Å²) in [6.45, 7) is 1.16. The van der Waals surface area contributed by atoms with E-state index in [2.05, 4.69) is 15.9 Å². The molecule has 0 radical (unpaired) electrons. The monoisotopic (exact) mass is 309 g/mol. The van der Waals surface area contributed by atoms with Gasteiger partial charge in [0.1, 0.15) is 13.2 Å². The van der Waals surface area contributed by atoms with Crippen LogP contribution >= 0.6 is 15.9 Å². The van der Waals surface area contributed by atoms with E-state index in [-0.39, 0.29) is 6.04 Å². The minimum atomic E-state index is -0.256. The lowest BCUT2D eigenvalue weighted by atomic mass is 10.0. The standard InChI is InChI=1S/C13H12BrNO3/c14-13-9(3-4-18-13)12(15)8-1-2-10-11(7-8)17-6-5-16-10/h1-4,7,12H,5-6,15H2. The Morgan fingerprint density at radius 1 is 1.11 bits per heavy atom. The van der Waals surface area contributed by atoms with Gasteiger partial charge in [0, 0.05) is 5.56 Å². The van der Waals surface area contributed by atoms with Crippen molar-refractivity contribution < 1.29 is 13.9 Å². The van der Waals surface area contributed by atoms with Crippen molar-refractivity contribution in [1.82, 2.24) is 0 Å². The predicted octanol–water partition coefficient (Wildman–Crippen LogP) is 2.86. The summed E-state index contributed by atoms with van der Waals surface area (Å²) in [4.78, 5) is 0. The van der Waals surface area contributed by atoms with Gasteiger partial charge in [-0.1, -0.05) is 6.07 Å². The zero-order chi connectivity index (χ0) is 12.5. The average molecular weight is 310 g/mol. The van der Waals surface area contributed by atoms with Gasteiger partial charge in [-0.2, -0.15) is 0 Å². The second-order valence-corrected chi connectivity index (χ2v) is 4.75. The molecule has 1 atom stereocenters. The highest BCUT2D eigenvalue weighted by Crippen LogP contribution is 2.35. The molecule has 0 fully saturated rings. The predicted molar refractivity (Wildman–Crippen MR) is 69.9 cm³/mol. The van der Waals surface area contributed by atoms with Crippen LogP contribution in [0.25, 0.3) is 0 Å². The largest absolute Gasteiger partial charge is 0.486 e. The Balaban J connectivity index is 1.95. The number of hydrogen-bond acceptors (Lipinski definition) is 4. The lowest BCUT2D eigenvalue weighted by Gasteiger charge is -2.20. The topological polar surface area (TPSA) is 57.6 Å². The van der Waals surface area contributed by atoms with Crippen molar-refractivity contribution in [2.75, 3.05) is 13.2 Å². The molecule has 2 aromatic rings. The molecule has 2 N–H and O–H groups in total. The molecule has 1 aromatic carbocycles. The van der Waals surface area contributed by atoms with Gasteiger partial charge in [-0.05, 0) is 39.7 Å². The first kappa shape index (κ1) is 11.6. The van der Waals surface area contributed by atoms with Crippen LogP contribution in [-0.4, -0.2) is 13.2 Å². The Hall–Kier alpha value is -1.46. The number of furan rings is 1. The molecule has 0 amide bonds. The summed E-state index contributed by atoms with van der Waals surface area (Å²) in [6.07, 6.45) is 1.61. The van der Waals surface area contributed by atoms with Crippen LogP contribution < -0.4 is 15.2 Å². The van der Waals surface area contributed by atoms with Gasteiger partial charge in [-0.15, -0.1) is 0 Å². The summed E-state index contributed by atoms with van der Waals surface area (Å²) in [5.74, 6) is 1.51. The third-order valence-electron chi connectivity index (χ3n) is 2.91. The normalized spacial score (nSPS) is 15.4. The number of nitrogens with two attached hydrogens (primary N) is 1. The second kappa shape index (κ2) is 4.66. The van der Waals surface area contributed by atoms with Crippen LogP contribution in [0.2, 0.25) is 0 Å². The van der Waals surface area contributed by atoms with E-state index in [9.17, 15) is 0 Å². The summed E-state index contributed by atoms with van der Waals surface area (Å²) in [5, 5.41) is 0. The Labute approximate surface area is 113 Å². The quantitative estimate of drug-likeness (QED) is 0.926. The molecular formula is C13H12BrNO3. The van der Waals surface area contributed by atoms with Crippen LogP contribution in [-0.2, 0) is 0 Å². The molecule has 1 aliphatic rings. The molecule has 0 saturated heterocycles. The van der Waals surface area contributed by atoms with Crippen molar-refractivity contribution >= 4 is 15.9 Å². The van der Waals surface area contributed by atoms with Crippen LogP contribution in [0.15, 0.2) is 39.6 Å². The van der Waals surface area contributed by atoms with Gasteiger partial charge >= 0.3 is 0 Å². The Morgan fingerprint density at radius 3 is 2.61 bits per heavy atom. The SMILES string of the molecule is NC(c1ccc2c(c1)OCCO2)c1ccoc1Br. The molecule has 0 bridgehead atoms. The van der Waals surface area contributed by atoms with Crippen molar-refractivity contribution in [2.24, 2.45) is 5.73 Å². The van der Waals surface area contributed by atoms with E-state index in [0.29, 0.717) is 17.9 Å². The molecular weight excluding hydrogens is 298 g/mol. The van der Waals surface area contributed by atoms with E-state index in [0.717, 1.165) is 22.6 Å². The van der Waals surface area contributed by atoms with Crippen molar-refractivity contribution in [3.8, 4) is 11.5 Å². The van der Waals surface area contributed by atoms with E-state index in [1.165, 1.54) is 0 Å². The Bertz CT molecular complexity index is 567. The van der Waals surface area contributed by atoms with Crippen molar-refractivity contribution in [2.45, 2.75) is 6.04 Å². The molecule has 2 heterocycles. The van der Waals surface area contributed by atoms with Gasteiger partial charge in [0.25, 0.3) is 0 Å². The first-order valence-corrected chi connectivity index (χ1v) is 6.43. The molecule has 4 nitrogen and oxygen atoms in total. The zero-order valence-electron chi connectivity index (χ0n) is 9.56. The number of fused-ring (bicyclic) bond motifs is 1. The molecule has 1 unspecified atom stereocenters. The highest BCUT2D eigenvalue weighted by Gasteiger charge is 2.18. The molecule has 1 aliphatic heterocycles. The molecule has 0 saturated carbocycles. The van der Waals surface area contributed by atoms with Gasteiger partial charge in [0.05, 0.1) is 12.3 Å². The highest BCUT2D eigenvalue weighted by molar-refractivity contribution is 9.10. The van der Waals surface area contributed by atoms with Crippen molar-refractivity contribution in [3.63, 3.8) is 0 Å². The van der Waals surface area contributed by atoms with Crippen LogP contribution in [0.3, 0.4) is 0 Å². The van der Waals surface area contributed by atoms with E-state index in [1.54, 1.807) is 6.26 Å². The van der Waals surface area contributed by atoms with Gasteiger partial charge in [0.2, 0.25) is 0 Å².